The fraction of sp³-hybridized carbons (Fsp3) is 0.350. The highest BCUT2D eigenvalue weighted by atomic mass is 35.5. The zero-order valence-corrected chi connectivity index (χ0v) is 15.7. The smallest absolute Gasteiger partial charge is 0.261 e. The molecule has 25 heavy (non-hydrogen) atoms. The topological polar surface area (TPSA) is 41.6 Å². The number of rotatable bonds is 8. The molecule has 0 bridgehead atoms. The molecule has 0 radical (unpaired) electrons. The van der Waals surface area contributed by atoms with Gasteiger partial charge in [-0.2, -0.15) is 0 Å². The molecule has 0 aliphatic heterocycles. The van der Waals surface area contributed by atoms with Crippen LogP contribution in [-0.2, 0) is 11.3 Å². The summed E-state index contributed by atoms with van der Waals surface area (Å²) in [6, 6.07) is 15.2. The summed E-state index contributed by atoms with van der Waals surface area (Å²) in [5, 5.41) is 3.54. The van der Waals surface area contributed by atoms with Gasteiger partial charge in [-0.05, 0) is 62.7 Å². The van der Waals surface area contributed by atoms with Crippen molar-refractivity contribution in [3.05, 3.63) is 59.1 Å². The molecular weight excluding hydrogens is 336 g/mol. The van der Waals surface area contributed by atoms with E-state index in [1.165, 1.54) is 5.69 Å². The van der Waals surface area contributed by atoms with Gasteiger partial charge in [0.05, 0.1) is 0 Å². The molecule has 1 amide bonds. The largest absolute Gasteiger partial charge is 0.481 e. The number of hydrogen-bond donors (Lipinski definition) is 1. The van der Waals surface area contributed by atoms with Gasteiger partial charge in [-0.25, -0.2) is 0 Å². The first-order chi connectivity index (χ1) is 12.0. The molecule has 0 unspecified atom stereocenters. The third-order valence-corrected chi connectivity index (χ3v) is 4.28. The van der Waals surface area contributed by atoms with Crippen molar-refractivity contribution in [3.8, 4) is 5.75 Å². The second-order valence-electron chi connectivity index (χ2n) is 5.77. The molecule has 5 heteroatoms. The van der Waals surface area contributed by atoms with Crippen LogP contribution in [0.4, 0.5) is 5.69 Å². The van der Waals surface area contributed by atoms with Crippen molar-refractivity contribution in [1.82, 2.24) is 5.32 Å². The highest BCUT2D eigenvalue weighted by molar-refractivity contribution is 6.30. The zero-order chi connectivity index (χ0) is 18.2. The molecule has 0 aliphatic rings. The normalized spacial score (nSPS) is 11.7. The SMILES string of the molecule is CCN(CC)c1ccc(CNC(=O)[C@H](C)Oc2ccc(Cl)cc2)cc1. The number of anilines is 1. The van der Waals surface area contributed by atoms with Crippen LogP contribution >= 0.6 is 11.6 Å². The van der Waals surface area contributed by atoms with Gasteiger partial charge in [-0.15, -0.1) is 0 Å². The lowest BCUT2D eigenvalue weighted by atomic mass is 10.2. The van der Waals surface area contributed by atoms with Gasteiger partial charge in [-0.1, -0.05) is 23.7 Å². The first-order valence-corrected chi connectivity index (χ1v) is 8.95. The van der Waals surface area contributed by atoms with Crippen molar-refractivity contribution < 1.29 is 9.53 Å². The number of halogens is 1. The van der Waals surface area contributed by atoms with Crippen LogP contribution in [0.15, 0.2) is 48.5 Å². The van der Waals surface area contributed by atoms with Crippen molar-refractivity contribution in [1.29, 1.82) is 0 Å². The molecule has 0 aliphatic carbocycles. The van der Waals surface area contributed by atoms with Crippen molar-refractivity contribution in [2.45, 2.75) is 33.4 Å². The fourth-order valence-electron chi connectivity index (χ4n) is 2.52. The standard InChI is InChI=1S/C20H25ClN2O2/c1-4-23(5-2)18-10-6-16(7-11-18)14-22-20(24)15(3)25-19-12-8-17(21)9-13-19/h6-13,15H,4-5,14H2,1-3H3,(H,22,24)/t15-/m0/s1. The number of nitrogens with one attached hydrogen (secondary N) is 1. The Labute approximate surface area is 154 Å². The van der Waals surface area contributed by atoms with Gasteiger partial charge in [0.2, 0.25) is 0 Å². The minimum atomic E-state index is -0.573. The minimum Gasteiger partial charge on any atom is -0.481 e. The van der Waals surface area contributed by atoms with Gasteiger partial charge >= 0.3 is 0 Å². The molecule has 2 rings (SSSR count). The average molecular weight is 361 g/mol. The van der Waals surface area contributed by atoms with E-state index in [0.717, 1.165) is 18.7 Å². The van der Waals surface area contributed by atoms with Gasteiger partial charge in [0.25, 0.3) is 5.91 Å². The van der Waals surface area contributed by atoms with E-state index in [0.29, 0.717) is 17.3 Å². The van der Waals surface area contributed by atoms with Crippen LogP contribution in [0.3, 0.4) is 0 Å². The van der Waals surface area contributed by atoms with Crippen LogP contribution in [0.5, 0.6) is 5.75 Å². The number of amides is 1. The number of nitrogens with zero attached hydrogens (tertiary/aromatic N) is 1. The molecule has 0 saturated carbocycles. The maximum Gasteiger partial charge on any atom is 0.261 e. The molecule has 4 nitrogen and oxygen atoms in total. The molecular formula is C20H25ClN2O2. The number of carbonyl (C=O) groups is 1. The Morgan fingerprint density at radius 1 is 1.08 bits per heavy atom. The van der Waals surface area contributed by atoms with Gasteiger partial charge in [0, 0.05) is 30.3 Å². The molecule has 0 saturated heterocycles. The van der Waals surface area contributed by atoms with E-state index in [9.17, 15) is 4.79 Å². The Kier molecular flexibility index (Phi) is 7.14. The van der Waals surface area contributed by atoms with Crippen LogP contribution in [-0.4, -0.2) is 25.1 Å². The van der Waals surface area contributed by atoms with Gasteiger partial charge in [0.15, 0.2) is 6.10 Å². The van der Waals surface area contributed by atoms with Gasteiger partial charge < -0.3 is 15.0 Å². The number of hydrogen-bond acceptors (Lipinski definition) is 3. The Morgan fingerprint density at radius 3 is 2.24 bits per heavy atom. The Bertz CT molecular complexity index is 667. The lowest BCUT2D eigenvalue weighted by Gasteiger charge is -2.21. The summed E-state index contributed by atoms with van der Waals surface area (Å²) in [4.78, 5) is 14.5. The van der Waals surface area contributed by atoms with E-state index in [1.54, 1.807) is 31.2 Å². The second-order valence-corrected chi connectivity index (χ2v) is 6.21. The van der Waals surface area contributed by atoms with Crippen LogP contribution in [0.1, 0.15) is 26.3 Å². The molecule has 1 N–H and O–H groups in total. The number of carbonyl (C=O) groups excluding carboxylic acids is 1. The summed E-state index contributed by atoms with van der Waals surface area (Å²) in [6.07, 6.45) is -0.573. The molecule has 2 aromatic rings. The fourth-order valence-corrected chi connectivity index (χ4v) is 2.64. The molecule has 1 atom stereocenters. The molecule has 0 fully saturated rings. The first-order valence-electron chi connectivity index (χ1n) is 8.57. The molecule has 0 aromatic heterocycles. The summed E-state index contributed by atoms with van der Waals surface area (Å²) >= 11 is 5.84. The van der Waals surface area contributed by atoms with Gasteiger partial charge in [0.1, 0.15) is 5.75 Å². The monoisotopic (exact) mass is 360 g/mol. The third kappa shape index (κ3) is 5.68. The summed E-state index contributed by atoms with van der Waals surface area (Å²) < 4.78 is 5.62. The number of ether oxygens (including phenoxy) is 1. The second kappa shape index (κ2) is 9.33. The van der Waals surface area contributed by atoms with Crippen LogP contribution in [0, 0.1) is 0 Å². The van der Waals surface area contributed by atoms with Crippen LogP contribution in [0.2, 0.25) is 5.02 Å². The van der Waals surface area contributed by atoms with Crippen molar-refractivity contribution in [3.63, 3.8) is 0 Å². The van der Waals surface area contributed by atoms with Crippen LogP contribution < -0.4 is 15.0 Å². The molecule has 0 heterocycles. The highest BCUT2D eigenvalue weighted by Gasteiger charge is 2.14. The zero-order valence-electron chi connectivity index (χ0n) is 15.0. The van der Waals surface area contributed by atoms with Crippen molar-refractivity contribution in [2.24, 2.45) is 0 Å². The summed E-state index contributed by atoms with van der Waals surface area (Å²) in [6.45, 7) is 8.44. The quantitative estimate of drug-likeness (QED) is 0.764. The van der Waals surface area contributed by atoms with Gasteiger partial charge in [-0.3, -0.25) is 4.79 Å². The lowest BCUT2D eigenvalue weighted by molar-refractivity contribution is -0.127. The highest BCUT2D eigenvalue weighted by Crippen LogP contribution is 2.17. The van der Waals surface area contributed by atoms with E-state index in [1.807, 2.05) is 12.1 Å². The molecule has 0 spiro atoms. The summed E-state index contributed by atoms with van der Waals surface area (Å²) in [7, 11) is 0. The maximum absolute atomic E-state index is 12.2. The Balaban J connectivity index is 1.85. The van der Waals surface area contributed by atoms with E-state index in [2.05, 4.69) is 36.2 Å². The van der Waals surface area contributed by atoms with E-state index >= 15 is 0 Å². The Morgan fingerprint density at radius 2 is 1.68 bits per heavy atom. The predicted octanol–water partition coefficient (Wildman–Crippen LogP) is 4.27. The Hall–Kier alpha value is -2.20. The van der Waals surface area contributed by atoms with Crippen LogP contribution in [0.25, 0.3) is 0 Å². The van der Waals surface area contributed by atoms with E-state index < -0.39 is 6.10 Å². The molecule has 134 valence electrons. The van der Waals surface area contributed by atoms with E-state index in [4.69, 9.17) is 16.3 Å². The first kappa shape index (κ1) is 19.1. The van der Waals surface area contributed by atoms with E-state index in [-0.39, 0.29) is 5.91 Å². The predicted molar refractivity (Wildman–Crippen MR) is 103 cm³/mol. The molecule has 2 aromatic carbocycles. The maximum atomic E-state index is 12.2. The van der Waals surface area contributed by atoms with Crippen molar-refractivity contribution >= 4 is 23.2 Å². The average Bonchev–Trinajstić information content (AvgIpc) is 2.63. The minimum absolute atomic E-state index is 0.150. The number of benzene rings is 2. The summed E-state index contributed by atoms with van der Waals surface area (Å²) in [5.74, 6) is 0.471. The lowest BCUT2D eigenvalue weighted by Crippen LogP contribution is -2.35. The summed E-state index contributed by atoms with van der Waals surface area (Å²) in [5.41, 5.74) is 2.25. The van der Waals surface area contributed by atoms with Crippen molar-refractivity contribution in [2.75, 3.05) is 18.0 Å². The third-order valence-electron chi connectivity index (χ3n) is 4.03.